The molecule has 2 N–H and O–H groups in total. The van der Waals surface area contributed by atoms with Gasteiger partial charge in [-0.15, -0.1) is 0 Å². The van der Waals surface area contributed by atoms with Crippen LogP contribution in [0.15, 0.2) is 24.3 Å². The van der Waals surface area contributed by atoms with Gasteiger partial charge in [0.15, 0.2) is 5.78 Å². The van der Waals surface area contributed by atoms with Gasteiger partial charge in [-0.2, -0.15) is 0 Å². The Morgan fingerprint density at radius 3 is 1.33 bits per heavy atom. The zero-order valence-electron chi connectivity index (χ0n) is 19.6. The minimum Gasteiger partial charge on any atom is -0.478 e. The van der Waals surface area contributed by atoms with E-state index in [9.17, 15) is 34.2 Å². The summed E-state index contributed by atoms with van der Waals surface area (Å²) in [7, 11) is 0. The number of carbonyl (C=O) groups excluding carboxylic acids is 3. The standard InChI is InChI=1S/C25H24Cl2O9/c1-3-5-11-35-24(33)17-13(7-9-15(26)19(17)22(29)30)21(28)14-8-10-16(27)20(23(31)32)18(14)25(34)36-12-6-4-2/h7-10H,3-6,11-12H2,1-2H3,(H,29,30)(H,31,32). The van der Waals surface area contributed by atoms with Gasteiger partial charge in [0.05, 0.1) is 45.5 Å². The third-order valence-corrected chi connectivity index (χ3v) is 5.73. The zero-order valence-corrected chi connectivity index (χ0v) is 21.1. The van der Waals surface area contributed by atoms with Crippen LogP contribution in [-0.2, 0) is 9.47 Å². The van der Waals surface area contributed by atoms with Crippen molar-refractivity contribution in [2.45, 2.75) is 39.5 Å². The summed E-state index contributed by atoms with van der Waals surface area (Å²) in [6.45, 7) is 3.64. The molecule has 0 aromatic heterocycles. The van der Waals surface area contributed by atoms with E-state index >= 15 is 0 Å². The Kier molecular flexibility index (Phi) is 10.4. The summed E-state index contributed by atoms with van der Waals surface area (Å²) in [6, 6.07) is 4.42. The molecule has 11 heteroatoms. The van der Waals surface area contributed by atoms with Crippen molar-refractivity contribution in [3.63, 3.8) is 0 Å². The maximum absolute atomic E-state index is 13.6. The van der Waals surface area contributed by atoms with Crippen molar-refractivity contribution in [1.29, 1.82) is 0 Å². The highest BCUT2D eigenvalue weighted by atomic mass is 35.5. The van der Waals surface area contributed by atoms with E-state index < -0.39 is 63.0 Å². The summed E-state index contributed by atoms with van der Waals surface area (Å²) in [5, 5.41) is 18.7. The Hall–Kier alpha value is -3.43. The van der Waals surface area contributed by atoms with Crippen LogP contribution in [0, 0.1) is 0 Å². The fourth-order valence-corrected chi connectivity index (χ4v) is 3.76. The molecule has 0 radical (unpaired) electrons. The number of hydrogen-bond acceptors (Lipinski definition) is 7. The molecule has 0 saturated carbocycles. The van der Waals surface area contributed by atoms with Crippen LogP contribution in [-0.4, -0.2) is 53.1 Å². The number of benzene rings is 2. The summed E-state index contributed by atoms with van der Waals surface area (Å²) in [5.74, 6) is -6.40. The van der Waals surface area contributed by atoms with Gasteiger partial charge in [-0.3, -0.25) is 4.79 Å². The number of carboxylic acid groups (broad SMARTS) is 2. The number of ketones is 1. The van der Waals surface area contributed by atoms with Crippen LogP contribution in [0.1, 0.15) is 96.9 Å². The SMILES string of the molecule is CCCCOC(=O)c1c(C(=O)c2ccc(Cl)c(C(=O)O)c2C(=O)OCCCC)ccc(Cl)c1C(=O)O. The van der Waals surface area contributed by atoms with E-state index in [0.29, 0.717) is 25.7 Å². The fraction of sp³-hybridized carbons (Fsp3) is 0.320. The normalized spacial score (nSPS) is 10.6. The molecule has 0 spiro atoms. The lowest BCUT2D eigenvalue weighted by Crippen LogP contribution is -2.22. The first-order valence-electron chi connectivity index (χ1n) is 11.1. The average molecular weight is 539 g/mol. The van der Waals surface area contributed by atoms with E-state index in [1.165, 1.54) is 0 Å². The van der Waals surface area contributed by atoms with Crippen LogP contribution >= 0.6 is 23.2 Å². The molecule has 0 heterocycles. The number of esters is 2. The van der Waals surface area contributed by atoms with Gasteiger partial charge in [-0.1, -0.05) is 49.9 Å². The lowest BCUT2D eigenvalue weighted by Gasteiger charge is -2.16. The average Bonchev–Trinajstić information content (AvgIpc) is 2.82. The molecule has 0 saturated heterocycles. The third-order valence-electron chi connectivity index (χ3n) is 5.10. The number of halogens is 2. The number of ether oxygens (including phenoxy) is 2. The van der Waals surface area contributed by atoms with Crippen molar-refractivity contribution >= 4 is 52.9 Å². The van der Waals surface area contributed by atoms with Gasteiger partial charge in [0.2, 0.25) is 0 Å². The van der Waals surface area contributed by atoms with E-state index in [1.54, 1.807) is 0 Å². The zero-order chi connectivity index (χ0) is 27.0. The number of carbonyl (C=O) groups is 5. The molecular weight excluding hydrogens is 515 g/mol. The Morgan fingerprint density at radius 1 is 0.667 bits per heavy atom. The van der Waals surface area contributed by atoms with Crippen molar-refractivity contribution in [2.75, 3.05) is 13.2 Å². The summed E-state index contributed by atoms with van der Waals surface area (Å²) < 4.78 is 10.3. The number of unbranched alkanes of at least 4 members (excludes halogenated alkanes) is 2. The molecule has 0 unspecified atom stereocenters. The maximum atomic E-state index is 13.6. The van der Waals surface area contributed by atoms with Gasteiger partial charge in [0.25, 0.3) is 0 Å². The van der Waals surface area contributed by atoms with Crippen molar-refractivity contribution in [1.82, 2.24) is 0 Å². The van der Waals surface area contributed by atoms with Crippen LogP contribution < -0.4 is 0 Å². The second kappa shape index (κ2) is 13.0. The van der Waals surface area contributed by atoms with Gasteiger partial charge in [-0.25, -0.2) is 19.2 Å². The highest BCUT2D eigenvalue weighted by molar-refractivity contribution is 6.36. The molecule has 192 valence electrons. The first kappa shape index (κ1) is 28.8. The Labute approximate surface area is 216 Å². The minimum absolute atomic E-state index is 0.0341. The van der Waals surface area contributed by atoms with Gasteiger partial charge >= 0.3 is 23.9 Å². The molecule has 0 atom stereocenters. The second-order valence-corrected chi connectivity index (χ2v) is 8.42. The lowest BCUT2D eigenvalue weighted by molar-refractivity contribution is 0.0484. The van der Waals surface area contributed by atoms with E-state index in [2.05, 4.69) is 0 Å². The van der Waals surface area contributed by atoms with Crippen molar-refractivity contribution < 1.29 is 43.7 Å². The third kappa shape index (κ3) is 6.41. The first-order valence-corrected chi connectivity index (χ1v) is 11.8. The van der Waals surface area contributed by atoms with Gasteiger partial charge in [0.1, 0.15) is 0 Å². The van der Waals surface area contributed by atoms with Crippen LogP contribution in [0.25, 0.3) is 0 Å². The van der Waals surface area contributed by atoms with Crippen LogP contribution in [0.4, 0.5) is 0 Å². The van der Waals surface area contributed by atoms with E-state index in [0.717, 1.165) is 24.3 Å². The van der Waals surface area contributed by atoms with Crippen LogP contribution in [0.3, 0.4) is 0 Å². The van der Waals surface area contributed by atoms with Gasteiger partial charge in [-0.05, 0) is 37.1 Å². The first-order chi connectivity index (χ1) is 17.1. The highest BCUT2D eigenvalue weighted by Crippen LogP contribution is 2.31. The summed E-state index contributed by atoms with van der Waals surface area (Å²) >= 11 is 12.0. The number of aromatic carboxylic acids is 2. The second-order valence-electron chi connectivity index (χ2n) is 7.61. The van der Waals surface area contributed by atoms with Gasteiger partial charge in [0, 0.05) is 11.1 Å². The van der Waals surface area contributed by atoms with Crippen molar-refractivity contribution in [2.24, 2.45) is 0 Å². The molecule has 2 aromatic carbocycles. The minimum atomic E-state index is -1.58. The molecular formula is C25H24Cl2O9. The maximum Gasteiger partial charge on any atom is 0.339 e. The summed E-state index contributed by atoms with van der Waals surface area (Å²) in [4.78, 5) is 63.2. The highest BCUT2D eigenvalue weighted by Gasteiger charge is 2.33. The number of carboxylic acids is 2. The molecule has 0 bridgehead atoms. The molecule has 9 nitrogen and oxygen atoms in total. The summed E-state index contributed by atoms with van der Waals surface area (Å²) in [6.07, 6.45) is 2.36. The van der Waals surface area contributed by atoms with Crippen LogP contribution in [0.2, 0.25) is 10.0 Å². The summed E-state index contributed by atoms with van der Waals surface area (Å²) in [5.41, 5.74) is -3.45. The quantitative estimate of drug-likeness (QED) is 0.202. The molecule has 0 aliphatic heterocycles. The lowest BCUT2D eigenvalue weighted by atomic mass is 9.90. The van der Waals surface area contributed by atoms with Crippen molar-refractivity contribution in [3.8, 4) is 0 Å². The molecule has 0 amide bonds. The molecule has 2 rings (SSSR count). The monoisotopic (exact) mass is 538 g/mol. The molecule has 0 aliphatic carbocycles. The predicted octanol–water partition coefficient (Wildman–Crippen LogP) is 5.53. The molecule has 0 aliphatic rings. The number of hydrogen-bond donors (Lipinski definition) is 2. The largest absolute Gasteiger partial charge is 0.478 e. The Balaban J connectivity index is 2.77. The Morgan fingerprint density at radius 2 is 1.03 bits per heavy atom. The molecule has 0 fully saturated rings. The predicted molar refractivity (Wildman–Crippen MR) is 131 cm³/mol. The van der Waals surface area contributed by atoms with Gasteiger partial charge < -0.3 is 19.7 Å². The van der Waals surface area contributed by atoms with Crippen molar-refractivity contribution in [3.05, 3.63) is 67.7 Å². The van der Waals surface area contributed by atoms with E-state index in [-0.39, 0.29) is 23.3 Å². The van der Waals surface area contributed by atoms with Crippen LogP contribution in [0.5, 0.6) is 0 Å². The topological polar surface area (TPSA) is 144 Å². The smallest absolute Gasteiger partial charge is 0.339 e. The molecule has 36 heavy (non-hydrogen) atoms. The van der Waals surface area contributed by atoms with E-state index in [4.69, 9.17) is 32.7 Å². The van der Waals surface area contributed by atoms with E-state index in [1.807, 2.05) is 13.8 Å². The fourth-order valence-electron chi connectivity index (χ4n) is 3.28. The molecule has 2 aromatic rings. The Bertz CT molecular complexity index is 1110. The number of rotatable bonds is 12.